The highest BCUT2D eigenvalue weighted by Gasteiger charge is 2.49. The zero-order valence-electron chi connectivity index (χ0n) is 17.9. The fourth-order valence-corrected chi connectivity index (χ4v) is 3.91. The van der Waals surface area contributed by atoms with Crippen LogP contribution in [0.5, 0.6) is 0 Å². The van der Waals surface area contributed by atoms with Gasteiger partial charge in [0.15, 0.2) is 0 Å². The van der Waals surface area contributed by atoms with E-state index in [1.807, 2.05) is 0 Å². The highest BCUT2D eigenvalue weighted by atomic mass is 19.4. The Morgan fingerprint density at radius 2 is 1.48 bits per heavy atom. The smallest absolute Gasteiger partial charge is 0.324 e. The van der Waals surface area contributed by atoms with Gasteiger partial charge in [0.2, 0.25) is 11.8 Å². The number of rotatable bonds is 4. The maximum Gasteiger partial charge on any atom is 0.416 e. The molecule has 5 nitrogen and oxygen atoms in total. The number of nitrogens with zero attached hydrogens (tertiary/aromatic N) is 1. The van der Waals surface area contributed by atoms with Crippen molar-refractivity contribution in [2.75, 3.05) is 23.8 Å². The molecule has 0 aliphatic carbocycles. The van der Waals surface area contributed by atoms with E-state index in [4.69, 9.17) is 0 Å². The van der Waals surface area contributed by atoms with E-state index in [0.29, 0.717) is 17.8 Å². The Morgan fingerprint density at radius 1 is 0.970 bits per heavy atom. The number of para-hydroxylation sites is 1. The number of anilines is 2. The van der Waals surface area contributed by atoms with Gasteiger partial charge in [-0.2, -0.15) is 26.3 Å². The van der Waals surface area contributed by atoms with Gasteiger partial charge >= 0.3 is 12.4 Å². The Hall–Kier alpha value is -3.08. The van der Waals surface area contributed by atoms with Gasteiger partial charge in [-0.3, -0.25) is 9.59 Å². The van der Waals surface area contributed by atoms with Crippen molar-refractivity contribution in [2.45, 2.75) is 38.2 Å². The molecule has 2 aromatic carbocycles. The van der Waals surface area contributed by atoms with E-state index in [9.17, 15) is 35.9 Å². The molecular weight excluding hydrogens is 452 g/mol. The summed E-state index contributed by atoms with van der Waals surface area (Å²) in [6.07, 6.45) is -10.4. The molecule has 2 aromatic rings. The zero-order chi connectivity index (χ0) is 24.8. The number of hydrogen-bond donors (Lipinski definition) is 2. The molecule has 1 unspecified atom stereocenters. The first kappa shape index (κ1) is 24.6. The van der Waals surface area contributed by atoms with Crippen molar-refractivity contribution in [1.29, 1.82) is 0 Å². The molecule has 0 aromatic heterocycles. The average molecular weight is 473 g/mol. The summed E-state index contributed by atoms with van der Waals surface area (Å²) < 4.78 is 78.8. The van der Waals surface area contributed by atoms with Crippen LogP contribution in [0, 0.1) is 13.8 Å². The summed E-state index contributed by atoms with van der Waals surface area (Å²) in [7, 11) is 1.40. The first-order chi connectivity index (χ1) is 15.2. The van der Waals surface area contributed by atoms with Crippen LogP contribution in [0.25, 0.3) is 0 Å². The second-order valence-electron chi connectivity index (χ2n) is 7.98. The molecule has 1 saturated heterocycles. The lowest BCUT2D eigenvalue weighted by atomic mass is 9.96. The number of hydrogen-bond acceptors (Lipinski definition) is 3. The molecule has 1 aliphatic heterocycles. The first-order valence-electron chi connectivity index (χ1n) is 9.84. The van der Waals surface area contributed by atoms with Gasteiger partial charge in [0, 0.05) is 11.4 Å². The van der Waals surface area contributed by atoms with Crippen molar-refractivity contribution in [3.05, 3.63) is 58.7 Å². The number of carbonyl (C=O) groups excluding carboxylic acids is 2. The second-order valence-corrected chi connectivity index (χ2v) is 7.98. The number of amides is 2. The molecule has 0 bridgehead atoms. The van der Waals surface area contributed by atoms with Gasteiger partial charge < -0.3 is 15.5 Å². The van der Waals surface area contributed by atoms with Crippen LogP contribution >= 0.6 is 0 Å². The molecule has 1 heterocycles. The highest BCUT2D eigenvalue weighted by molar-refractivity contribution is 6.08. The largest absolute Gasteiger partial charge is 0.416 e. The number of alkyl halides is 6. The Morgan fingerprint density at radius 3 is 1.94 bits per heavy atom. The van der Waals surface area contributed by atoms with Crippen LogP contribution in [0.1, 0.15) is 28.7 Å². The van der Waals surface area contributed by atoms with Gasteiger partial charge in [-0.05, 0) is 50.2 Å². The van der Waals surface area contributed by atoms with Crippen LogP contribution in [-0.2, 0) is 21.9 Å². The van der Waals surface area contributed by atoms with Crippen LogP contribution in [0.4, 0.5) is 37.7 Å². The van der Waals surface area contributed by atoms with E-state index in [2.05, 4.69) is 10.6 Å². The van der Waals surface area contributed by atoms with Gasteiger partial charge in [-0.15, -0.1) is 0 Å². The fraction of sp³-hybridized carbons (Fsp3) is 0.364. The van der Waals surface area contributed by atoms with E-state index >= 15 is 0 Å². The van der Waals surface area contributed by atoms with Crippen LogP contribution in [0.2, 0.25) is 0 Å². The third-order valence-corrected chi connectivity index (χ3v) is 5.65. The third kappa shape index (κ3) is 4.82. The van der Waals surface area contributed by atoms with Gasteiger partial charge in [0.1, 0.15) is 5.54 Å². The molecule has 1 fully saturated rings. The quantitative estimate of drug-likeness (QED) is 0.635. The maximum atomic E-state index is 13.1. The number of aryl methyl sites for hydroxylation is 2. The van der Waals surface area contributed by atoms with Crippen molar-refractivity contribution in [3.8, 4) is 0 Å². The SMILES string of the molecule is CNC1(C(=O)Nc2cc(C(F)(F)F)cc(C(F)(F)F)c2)CC(=O)N(c2c(C)cccc2C)C1. The third-order valence-electron chi connectivity index (χ3n) is 5.65. The molecule has 1 aliphatic rings. The molecule has 11 heteroatoms. The Kier molecular flexibility index (Phi) is 6.22. The molecule has 33 heavy (non-hydrogen) atoms. The summed E-state index contributed by atoms with van der Waals surface area (Å²) in [4.78, 5) is 27.3. The molecule has 178 valence electrons. The molecule has 0 spiro atoms. The van der Waals surface area contributed by atoms with Gasteiger partial charge in [0.05, 0.1) is 24.1 Å². The predicted molar refractivity (Wildman–Crippen MR) is 110 cm³/mol. The lowest BCUT2D eigenvalue weighted by Crippen LogP contribution is -2.55. The summed E-state index contributed by atoms with van der Waals surface area (Å²) >= 11 is 0. The molecule has 2 N–H and O–H groups in total. The predicted octanol–water partition coefficient (Wildman–Crippen LogP) is 4.67. The first-order valence-corrected chi connectivity index (χ1v) is 9.84. The minimum absolute atomic E-state index is 0.0225. The highest BCUT2D eigenvalue weighted by Crippen LogP contribution is 2.38. The van der Waals surface area contributed by atoms with Crippen molar-refractivity contribution < 1.29 is 35.9 Å². The monoisotopic (exact) mass is 473 g/mol. The van der Waals surface area contributed by atoms with Crippen LogP contribution in [-0.4, -0.2) is 30.9 Å². The van der Waals surface area contributed by atoms with E-state index in [1.54, 1.807) is 32.0 Å². The standard InChI is InChI=1S/C22H21F6N3O2/c1-12-5-4-6-13(2)18(12)31-11-20(29-3,10-17(31)32)19(33)30-16-8-14(21(23,24)25)7-15(9-16)22(26,27)28/h4-9,29H,10-11H2,1-3H3,(H,30,33). The van der Waals surface area contributed by atoms with Crippen molar-refractivity contribution in [1.82, 2.24) is 5.32 Å². The Bertz CT molecular complexity index is 1040. The number of halogens is 6. The summed E-state index contributed by atoms with van der Waals surface area (Å²) in [5.74, 6) is -1.32. The van der Waals surface area contributed by atoms with Crippen LogP contribution < -0.4 is 15.5 Å². The number of nitrogens with one attached hydrogen (secondary N) is 2. The Balaban J connectivity index is 1.96. The van der Waals surface area contributed by atoms with Crippen molar-refractivity contribution >= 4 is 23.2 Å². The molecule has 2 amide bonds. The van der Waals surface area contributed by atoms with Crippen LogP contribution in [0.15, 0.2) is 36.4 Å². The van der Waals surface area contributed by atoms with E-state index in [0.717, 1.165) is 11.1 Å². The fourth-order valence-electron chi connectivity index (χ4n) is 3.91. The molecular formula is C22H21F6N3O2. The molecule has 1 atom stereocenters. The van der Waals surface area contributed by atoms with E-state index in [-0.39, 0.29) is 19.0 Å². The van der Waals surface area contributed by atoms with E-state index in [1.165, 1.54) is 11.9 Å². The minimum Gasteiger partial charge on any atom is -0.324 e. The lowest BCUT2D eigenvalue weighted by Gasteiger charge is -2.28. The number of carbonyl (C=O) groups is 2. The molecule has 0 radical (unpaired) electrons. The van der Waals surface area contributed by atoms with Crippen LogP contribution in [0.3, 0.4) is 0 Å². The van der Waals surface area contributed by atoms with Gasteiger partial charge in [0.25, 0.3) is 0 Å². The van der Waals surface area contributed by atoms with Crippen molar-refractivity contribution in [3.63, 3.8) is 0 Å². The summed E-state index contributed by atoms with van der Waals surface area (Å²) in [5.41, 5.74) is -3.16. The van der Waals surface area contributed by atoms with Gasteiger partial charge in [-0.25, -0.2) is 0 Å². The summed E-state index contributed by atoms with van der Waals surface area (Å²) in [5, 5.41) is 4.88. The summed E-state index contributed by atoms with van der Waals surface area (Å²) in [6, 6.07) is 6.21. The van der Waals surface area contributed by atoms with Gasteiger partial charge in [-0.1, -0.05) is 18.2 Å². The van der Waals surface area contributed by atoms with Crippen molar-refractivity contribution in [2.24, 2.45) is 0 Å². The minimum atomic E-state index is -5.05. The topological polar surface area (TPSA) is 61.4 Å². The summed E-state index contributed by atoms with van der Waals surface area (Å²) in [6.45, 7) is 3.43. The zero-order valence-corrected chi connectivity index (χ0v) is 17.9. The molecule has 3 rings (SSSR count). The second kappa shape index (κ2) is 8.36. The number of likely N-dealkylation sites (N-methyl/N-ethyl adjacent to an activating group) is 1. The normalized spacial score (nSPS) is 19.2. The maximum absolute atomic E-state index is 13.1. The average Bonchev–Trinajstić information content (AvgIpc) is 3.04. The van der Waals surface area contributed by atoms with E-state index < -0.39 is 46.5 Å². The number of benzene rings is 2. The molecule has 0 saturated carbocycles. The lowest BCUT2D eigenvalue weighted by molar-refractivity contribution is -0.143. The Labute approximate surface area is 185 Å².